The average molecular weight is 331 g/mol. The van der Waals surface area contributed by atoms with E-state index in [4.69, 9.17) is 0 Å². The van der Waals surface area contributed by atoms with E-state index >= 15 is 0 Å². The van der Waals surface area contributed by atoms with Gasteiger partial charge in [0.1, 0.15) is 0 Å². The fourth-order valence-corrected chi connectivity index (χ4v) is 4.33. The Morgan fingerprint density at radius 1 is 0.958 bits per heavy atom. The molecule has 2 saturated heterocycles. The molecule has 1 atom stereocenters. The maximum atomic E-state index is 9.64. The zero-order valence-corrected chi connectivity index (χ0v) is 15.2. The number of aliphatic hydroxyl groups excluding tert-OH is 1. The van der Waals surface area contributed by atoms with E-state index in [0.717, 1.165) is 31.8 Å². The Hall–Kier alpha value is -0.900. The molecule has 2 aliphatic heterocycles. The van der Waals surface area contributed by atoms with E-state index in [1.54, 1.807) is 0 Å². The Balaban J connectivity index is 1.41. The van der Waals surface area contributed by atoms with E-state index in [2.05, 4.69) is 47.1 Å². The lowest BCUT2D eigenvalue weighted by atomic mass is 9.92. The van der Waals surface area contributed by atoms with Crippen molar-refractivity contribution in [2.24, 2.45) is 5.92 Å². The molecule has 3 heteroatoms. The summed E-state index contributed by atoms with van der Waals surface area (Å²) in [5, 5.41) is 9.64. The van der Waals surface area contributed by atoms with Crippen molar-refractivity contribution in [2.45, 2.75) is 51.0 Å². The van der Waals surface area contributed by atoms with Crippen LogP contribution >= 0.6 is 0 Å². The van der Waals surface area contributed by atoms with Crippen molar-refractivity contribution in [3.8, 4) is 0 Å². The van der Waals surface area contributed by atoms with Crippen LogP contribution < -0.4 is 0 Å². The largest absolute Gasteiger partial charge is 0.393 e. The second-order valence-corrected chi connectivity index (χ2v) is 7.79. The highest BCUT2D eigenvalue weighted by molar-refractivity contribution is 5.19. The third-order valence-corrected chi connectivity index (χ3v) is 6.02. The first kappa shape index (κ1) is 17.9. The third kappa shape index (κ3) is 5.05. The van der Waals surface area contributed by atoms with Crippen LogP contribution in [0.5, 0.6) is 0 Å². The predicted octanol–water partition coefficient (Wildman–Crippen LogP) is 3.35. The molecule has 3 rings (SSSR count). The summed E-state index contributed by atoms with van der Waals surface area (Å²) >= 11 is 0. The number of hydrogen-bond acceptors (Lipinski definition) is 3. The standard InChI is InChI=1S/C21H34N2O/c1-2-19(20-6-4-3-5-7-20)17-23-12-8-18(9-13-23)16-22-14-10-21(24)11-15-22/h3-7,18-19,21,24H,2,8-17H2,1H3. The summed E-state index contributed by atoms with van der Waals surface area (Å²) in [7, 11) is 0. The lowest BCUT2D eigenvalue weighted by Crippen LogP contribution is -2.43. The minimum atomic E-state index is -0.0490. The monoisotopic (exact) mass is 330 g/mol. The van der Waals surface area contributed by atoms with Crippen molar-refractivity contribution in [3.63, 3.8) is 0 Å². The lowest BCUT2D eigenvalue weighted by molar-refractivity contribution is 0.0645. The van der Waals surface area contributed by atoms with Crippen LogP contribution in [-0.4, -0.2) is 60.3 Å². The molecule has 0 radical (unpaired) electrons. The highest BCUT2D eigenvalue weighted by atomic mass is 16.3. The molecule has 134 valence electrons. The minimum absolute atomic E-state index is 0.0490. The van der Waals surface area contributed by atoms with E-state index in [1.165, 1.54) is 51.0 Å². The molecule has 0 aliphatic carbocycles. The smallest absolute Gasteiger partial charge is 0.0564 e. The maximum Gasteiger partial charge on any atom is 0.0564 e. The Labute approximate surface area is 147 Å². The van der Waals surface area contributed by atoms with E-state index in [1.807, 2.05) is 0 Å². The van der Waals surface area contributed by atoms with E-state index in [-0.39, 0.29) is 6.10 Å². The van der Waals surface area contributed by atoms with Gasteiger partial charge in [-0.1, -0.05) is 37.3 Å². The summed E-state index contributed by atoms with van der Waals surface area (Å²) < 4.78 is 0. The molecule has 1 N–H and O–H groups in total. The lowest BCUT2D eigenvalue weighted by Gasteiger charge is -2.38. The molecule has 0 amide bonds. The fourth-order valence-electron chi connectivity index (χ4n) is 4.33. The number of likely N-dealkylation sites (tertiary alicyclic amines) is 2. The van der Waals surface area contributed by atoms with Crippen molar-refractivity contribution in [3.05, 3.63) is 35.9 Å². The molecule has 2 heterocycles. The van der Waals surface area contributed by atoms with Gasteiger partial charge in [-0.2, -0.15) is 0 Å². The summed E-state index contributed by atoms with van der Waals surface area (Å²) in [4.78, 5) is 5.25. The average Bonchev–Trinajstić information content (AvgIpc) is 2.64. The van der Waals surface area contributed by atoms with E-state index in [0.29, 0.717) is 5.92 Å². The van der Waals surface area contributed by atoms with Crippen LogP contribution in [0.3, 0.4) is 0 Å². The SMILES string of the molecule is CCC(CN1CCC(CN2CCC(O)CC2)CC1)c1ccccc1. The first-order valence-corrected chi connectivity index (χ1v) is 9.92. The summed E-state index contributed by atoms with van der Waals surface area (Å²) in [6.45, 7) is 9.46. The molecule has 2 fully saturated rings. The molecule has 0 saturated carbocycles. The van der Waals surface area contributed by atoms with Crippen molar-refractivity contribution < 1.29 is 5.11 Å². The molecule has 0 aromatic heterocycles. The summed E-state index contributed by atoms with van der Waals surface area (Å²) in [6, 6.07) is 11.0. The molecular weight excluding hydrogens is 296 g/mol. The van der Waals surface area contributed by atoms with Crippen molar-refractivity contribution in [1.82, 2.24) is 9.80 Å². The number of aliphatic hydroxyl groups is 1. The normalized spacial score (nSPS) is 23.4. The molecular formula is C21H34N2O. The van der Waals surface area contributed by atoms with Crippen LogP contribution in [0.1, 0.15) is 50.5 Å². The maximum absolute atomic E-state index is 9.64. The molecule has 1 aromatic carbocycles. The molecule has 2 aliphatic rings. The van der Waals surface area contributed by atoms with Gasteiger partial charge in [0.15, 0.2) is 0 Å². The van der Waals surface area contributed by atoms with Gasteiger partial charge in [0.2, 0.25) is 0 Å². The molecule has 0 bridgehead atoms. The van der Waals surface area contributed by atoms with Crippen LogP contribution in [0.2, 0.25) is 0 Å². The second-order valence-electron chi connectivity index (χ2n) is 7.79. The molecule has 1 aromatic rings. The molecule has 24 heavy (non-hydrogen) atoms. The van der Waals surface area contributed by atoms with Gasteiger partial charge in [0.05, 0.1) is 6.10 Å². The van der Waals surface area contributed by atoms with E-state index < -0.39 is 0 Å². The van der Waals surface area contributed by atoms with Crippen LogP contribution in [0.15, 0.2) is 30.3 Å². The van der Waals surface area contributed by atoms with Gasteiger partial charge in [-0.3, -0.25) is 0 Å². The van der Waals surface area contributed by atoms with Gasteiger partial charge in [0, 0.05) is 26.2 Å². The number of nitrogens with zero attached hydrogens (tertiary/aromatic N) is 2. The summed E-state index contributed by atoms with van der Waals surface area (Å²) in [6.07, 6.45) is 5.78. The van der Waals surface area contributed by atoms with Gasteiger partial charge >= 0.3 is 0 Å². The summed E-state index contributed by atoms with van der Waals surface area (Å²) in [5.41, 5.74) is 1.49. The van der Waals surface area contributed by atoms with Crippen LogP contribution in [0.4, 0.5) is 0 Å². The van der Waals surface area contributed by atoms with Crippen molar-refractivity contribution in [1.29, 1.82) is 0 Å². The topological polar surface area (TPSA) is 26.7 Å². The van der Waals surface area contributed by atoms with Crippen molar-refractivity contribution >= 4 is 0 Å². The predicted molar refractivity (Wildman–Crippen MR) is 100 cm³/mol. The van der Waals surface area contributed by atoms with Gasteiger partial charge in [-0.25, -0.2) is 0 Å². The first-order chi connectivity index (χ1) is 11.7. The molecule has 3 nitrogen and oxygen atoms in total. The Morgan fingerprint density at radius 3 is 2.21 bits per heavy atom. The quantitative estimate of drug-likeness (QED) is 0.866. The van der Waals surface area contributed by atoms with Gasteiger partial charge in [-0.05, 0) is 62.6 Å². The van der Waals surface area contributed by atoms with Gasteiger partial charge < -0.3 is 14.9 Å². The highest BCUT2D eigenvalue weighted by Crippen LogP contribution is 2.25. The van der Waals surface area contributed by atoms with Crippen molar-refractivity contribution in [2.75, 3.05) is 39.3 Å². The number of rotatable bonds is 6. The first-order valence-electron chi connectivity index (χ1n) is 9.92. The zero-order chi connectivity index (χ0) is 16.8. The third-order valence-electron chi connectivity index (χ3n) is 6.02. The summed E-state index contributed by atoms with van der Waals surface area (Å²) in [5.74, 6) is 1.53. The van der Waals surface area contributed by atoms with Crippen LogP contribution in [0.25, 0.3) is 0 Å². The minimum Gasteiger partial charge on any atom is -0.393 e. The van der Waals surface area contributed by atoms with Crippen LogP contribution in [0, 0.1) is 5.92 Å². The highest BCUT2D eigenvalue weighted by Gasteiger charge is 2.25. The van der Waals surface area contributed by atoms with Gasteiger partial charge in [0.25, 0.3) is 0 Å². The molecule has 0 spiro atoms. The second kappa shape index (κ2) is 8.98. The molecule has 1 unspecified atom stereocenters. The number of piperidine rings is 2. The Bertz CT molecular complexity index is 462. The zero-order valence-electron chi connectivity index (χ0n) is 15.2. The fraction of sp³-hybridized carbons (Fsp3) is 0.714. The number of benzene rings is 1. The Kier molecular flexibility index (Phi) is 6.70. The Morgan fingerprint density at radius 2 is 1.58 bits per heavy atom. The van der Waals surface area contributed by atoms with Gasteiger partial charge in [-0.15, -0.1) is 0 Å². The van der Waals surface area contributed by atoms with E-state index in [9.17, 15) is 5.11 Å². The number of hydrogen-bond donors (Lipinski definition) is 1. The van der Waals surface area contributed by atoms with Crippen LogP contribution in [-0.2, 0) is 0 Å².